The van der Waals surface area contributed by atoms with Crippen LogP contribution in [0.1, 0.15) is 0 Å². The number of ether oxygens (including phenoxy) is 2. The Kier molecular flexibility index (Phi) is 4.85. The molecule has 0 aliphatic rings. The second kappa shape index (κ2) is 6.83. The second-order valence-corrected chi connectivity index (χ2v) is 4.08. The van der Waals surface area contributed by atoms with Gasteiger partial charge in [0.15, 0.2) is 0 Å². The maximum absolute atomic E-state index is 10.7. The van der Waals surface area contributed by atoms with Gasteiger partial charge >= 0.3 is 0 Å². The highest BCUT2D eigenvalue weighted by Crippen LogP contribution is 2.20. The highest BCUT2D eigenvalue weighted by atomic mass is 16.6. The first kappa shape index (κ1) is 14.2. The molecular weight excluding hydrogens is 264 g/mol. The van der Waals surface area contributed by atoms with Gasteiger partial charge in [0.2, 0.25) is 5.95 Å². The normalized spacial score (nSPS) is 10.8. The number of rotatable bonds is 8. The quantitative estimate of drug-likeness (QED) is 0.432. The van der Waals surface area contributed by atoms with Gasteiger partial charge in [-0.3, -0.25) is 10.1 Å². The number of benzene rings is 1. The van der Waals surface area contributed by atoms with Gasteiger partial charge in [-0.15, -0.1) is 0 Å². The first-order valence-corrected chi connectivity index (χ1v) is 6.15. The Morgan fingerprint density at radius 3 is 3.00 bits per heavy atom. The van der Waals surface area contributed by atoms with Crippen LogP contribution in [-0.4, -0.2) is 48.4 Å². The Labute approximate surface area is 115 Å². The third kappa shape index (κ3) is 3.65. The Morgan fingerprint density at radius 1 is 1.40 bits per heavy atom. The number of H-pyrrole nitrogens is 1. The topological polar surface area (TPSA) is 102 Å². The van der Waals surface area contributed by atoms with Crippen molar-refractivity contribution in [1.82, 2.24) is 9.97 Å². The van der Waals surface area contributed by atoms with Crippen molar-refractivity contribution in [2.24, 2.45) is 0 Å². The minimum atomic E-state index is -0.434. The molecule has 1 heterocycles. The molecule has 0 bridgehead atoms. The fourth-order valence-corrected chi connectivity index (χ4v) is 1.68. The smallest absolute Gasteiger partial charge is 0.271 e. The van der Waals surface area contributed by atoms with E-state index in [9.17, 15) is 10.1 Å². The fraction of sp³-hybridized carbons (Fsp3) is 0.417. The molecular formula is C12H16N4O4. The van der Waals surface area contributed by atoms with E-state index in [1.165, 1.54) is 12.1 Å². The second-order valence-electron chi connectivity index (χ2n) is 4.08. The first-order valence-electron chi connectivity index (χ1n) is 6.15. The number of fused-ring (bicyclic) bond motifs is 1. The molecule has 0 aliphatic heterocycles. The molecule has 1 aromatic heterocycles. The van der Waals surface area contributed by atoms with E-state index < -0.39 is 4.92 Å². The lowest BCUT2D eigenvalue weighted by molar-refractivity contribution is -0.384. The van der Waals surface area contributed by atoms with Crippen LogP contribution in [0, 0.1) is 10.1 Å². The van der Waals surface area contributed by atoms with E-state index in [4.69, 9.17) is 9.47 Å². The summed E-state index contributed by atoms with van der Waals surface area (Å²) in [6.45, 7) is 2.23. The molecule has 1 aromatic carbocycles. The third-order valence-corrected chi connectivity index (χ3v) is 2.65. The summed E-state index contributed by atoms with van der Waals surface area (Å²) < 4.78 is 10.2. The van der Waals surface area contributed by atoms with Gasteiger partial charge in [-0.2, -0.15) is 0 Å². The van der Waals surface area contributed by atoms with Gasteiger partial charge in [0.1, 0.15) is 0 Å². The number of hydrogen-bond acceptors (Lipinski definition) is 6. The van der Waals surface area contributed by atoms with E-state index in [-0.39, 0.29) is 5.69 Å². The molecule has 0 radical (unpaired) electrons. The van der Waals surface area contributed by atoms with Gasteiger partial charge < -0.3 is 19.8 Å². The molecule has 108 valence electrons. The zero-order valence-electron chi connectivity index (χ0n) is 11.1. The summed E-state index contributed by atoms with van der Waals surface area (Å²) in [7, 11) is 1.62. The molecule has 0 atom stereocenters. The number of nitrogens with zero attached hydrogens (tertiary/aromatic N) is 2. The molecule has 8 nitrogen and oxygen atoms in total. The summed E-state index contributed by atoms with van der Waals surface area (Å²) in [6, 6.07) is 4.51. The minimum absolute atomic E-state index is 0.0376. The summed E-state index contributed by atoms with van der Waals surface area (Å²) in [6.07, 6.45) is 0. The largest absolute Gasteiger partial charge is 0.382 e. The summed E-state index contributed by atoms with van der Waals surface area (Å²) in [5.74, 6) is 0.566. The SMILES string of the molecule is COCCOCCNc1nc2ccc([N+](=O)[O-])cc2[nH]1. The van der Waals surface area contributed by atoms with Gasteiger partial charge in [0.25, 0.3) is 5.69 Å². The van der Waals surface area contributed by atoms with Gasteiger partial charge in [-0.05, 0) is 6.07 Å². The number of non-ortho nitro benzene ring substituents is 1. The average Bonchev–Trinajstić information content (AvgIpc) is 2.84. The lowest BCUT2D eigenvalue weighted by Gasteiger charge is -2.04. The van der Waals surface area contributed by atoms with E-state index >= 15 is 0 Å². The molecule has 0 spiro atoms. The van der Waals surface area contributed by atoms with E-state index in [2.05, 4.69) is 15.3 Å². The van der Waals surface area contributed by atoms with Crippen molar-refractivity contribution in [3.8, 4) is 0 Å². The van der Waals surface area contributed by atoms with Crippen LogP contribution < -0.4 is 5.32 Å². The number of nitro groups is 1. The molecule has 2 aromatic rings. The van der Waals surface area contributed by atoms with Crippen LogP contribution in [-0.2, 0) is 9.47 Å². The van der Waals surface area contributed by atoms with Gasteiger partial charge in [0.05, 0.1) is 35.8 Å². The van der Waals surface area contributed by atoms with Crippen molar-refractivity contribution in [1.29, 1.82) is 0 Å². The molecule has 2 rings (SSSR count). The third-order valence-electron chi connectivity index (χ3n) is 2.65. The van der Waals surface area contributed by atoms with Crippen LogP contribution in [0.2, 0.25) is 0 Å². The molecule has 2 N–H and O–H groups in total. The van der Waals surface area contributed by atoms with Crippen LogP contribution >= 0.6 is 0 Å². The minimum Gasteiger partial charge on any atom is -0.382 e. The van der Waals surface area contributed by atoms with Crippen molar-refractivity contribution < 1.29 is 14.4 Å². The standard InChI is InChI=1S/C12H16N4O4/c1-19-6-7-20-5-4-13-12-14-10-3-2-9(16(17)18)8-11(10)15-12/h2-3,8H,4-7H2,1H3,(H2,13,14,15). The molecule has 0 saturated heterocycles. The van der Waals surface area contributed by atoms with Crippen LogP contribution in [0.5, 0.6) is 0 Å². The molecule has 0 amide bonds. The number of methoxy groups -OCH3 is 1. The highest BCUT2D eigenvalue weighted by molar-refractivity contribution is 5.79. The van der Waals surface area contributed by atoms with E-state index in [1.807, 2.05) is 0 Å². The molecule has 20 heavy (non-hydrogen) atoms. The first-order chi connectivity index (χ1) is 9.70. The number of aromatic amines is 1. The van der Waals surface area contributed by atoms with E-state index in [0.29, 0.717) is 43.3 Å². The molecule has 0 unspecified atom stereocenters. The summed E-state index contributed by atoms with van der Waals surface area (Å²) in [4.78, 5) is 17.5. The molecule has 0 fully saturated rings. The molecule has 0 aliphatic carbocycles. The maximum atomic E-state index is 10.7. The predicted molar refractivity (Wildman–Crippen MR) is 73.9 cm³/mol. The summed E-state index contributed by atoms with van der Waals surface area (Å²) in [5.41, 5.74) is 1.34. The lowest BCUT2D eigenvalue weighted by Crippen LogP contribution is -2.12. The maximum Gasteiger partial charge on any atom is 0.271 e. The van der Waals surface area contributed by atoms with Gasteiger partial charge in [0, 0.05) is 25.8 Å². The number of nitrogens with one attached hydrogen (secondary N) is 2. The Bertz CT molecular complexity index is 584. The van der Waals surface area contributed by atoms with Gasteiger partial charge in [-0.25, -0.2) is 4.98 Å². The number of anilines is 1. The van der Waals surface area contributed by atoms with Crippen LogP contribution in [0.15, 0.2) is 18.2 Å². The van der Waals surface area contributed by atoms with Crippen LogP contribution in [0.4, 0.5) is 11.6 Å². The van der Waals surface area contributed by atoms with Crippen LogP contribution in [0.25, 0.3) is 11.0 Å². The monoisotopic (exact) mass is 280 g/mol. The Morgan fingerprint density at radius 2 is 2.25 bits per heavy atom. The Balaban J connectivity index is 1.89. The van der Waals surface area contributed by atoms with Crippen LogP contribution in [0.3, 0.4) is 0 Å². The summed E-state index contributed by atoms with van der Waals surface area (Å²) >= 11 is 0. The van der Waals surface area contributed by atoms with E-state index in [0.717, 1.165) is 0 Å². The average molecular weight is 280 g/mol. The van der Waals surface area contributed by atoms with Crippen molar-refractivity contribution >= 4 is 22.7 Å². The van der Waals surface area contributed by atoms with Crippen molar-refractivity contribution in [2.75, 3.05) is 38.8 Å². The fourth-order valence-electron chi connectivity index (χ4n) is 1.68. The van der Waals surface area contributed by atoms with Crippen molar-refractivity contribution in [3.05, 3.63) is 28.3 Å². The Hall–Kier alpha value is -2.19. The zero-order valence-corrected chi connectivity index (χ0v) is 11.1. The lowest BCUT2D eigenvalue weighted by atomic mass is 10.3. The summed E-state index contributed by atoms with van der Waals surface area (Å²) in [5, 5.41) is 13.7. The highest BCUT2D eigenvalue weighted by Gasteiger charge is 2.09. The number of hydrogen-bond donors (Lipinski definition) is 2. The van der Waals surface area contributed by atoms with Gasteiger partial charge in [-0.1, -0.05) is 0 Å². The number of nitro benzene ring substituents is 1. The molecule has 8 heteroatoms. The number of imidazole rings is 1. The van der Waals surface area contributed by atoms with E-state index in [1.54, 1.807) is 13.2 Å². The van der Waals surface area contributed by atoms with Crippen molar-refractivity contribution in [2.45, 2.75) is 0 Å². The predicted octanol–water partition coefficient (Wildman–Crippen LogP) is 1.55. The zero-order chi connectivity index (χ0) is 14.4. The number of aromatic nitrogens is 2. The van der Waals surface area contributed by atoms with Crippen molar-refractivity contribution in [3.63, 3.8) is 0 Å². The molecule has 0 saturated carbocycles.